The first-order valence-corrected chi connectivity index (χ1v) is 8.38. The van der Waals surface area contributed by atoms with E-state index in [1.165, 1.54) is 37.4 Å². The first-order valence-electron chi connectivity index (χ1n) is 8.38. The van der Waals surface area contributed by atoms with E-state index in [9.17, 15) is 13.6 Å². The minimum Gasteiger partial charge on any atom is -0.497 e. The molecule has 1 amide bonds. The van der Waals surface area contributed by atoms with Crippen LogP contribution in [0.2, 0.25) is 0 Å². The summed E-state index contributed by atoms with van der Waals surface area (Å²) in [5.74, 6) is -1.37. The molecule has 3 N–H and O–H groups in total. The topological polar surface area (TPSA) is 90.1 Å². The lowest BCUT2D eigenvalue weighted by Crippen LogP contribution is -2.27. The summed E-state index contributed by atoms with van der Waals surface area (Å²) in [4.78, 5) is 12.3. The molecule has 0 aliphatic heterocycles. The Bertz CT molecular complexity index is 1070. The van der Waals surface area contributed by atoms with Crippen LogP contribution in [0.25, 0.3) is 22.0 Å². The summed E-state index contributed by atoms with van der Waals surface area (Å²) in [6.45, 7) is 0. The quantitative estimate of drug-likeness (QED) is 0.737. The van der Waals surface area contributed by atoms with Crippen molar-refractivity contribution in [3.8, 4) is 16.9 Å². The predicted octanol–water partition coefficient (Wildman–Crippen LogP) is 3.06. The molecule has 3 aromatic rings. The zero-order chi connectivity index (χ0) is 19.1. The molecular formula is C19H16F2N4O2. The number of rotatable bonds is 4. The number of aromatic nitrogens is 2. The van der Waals surface area contributed by atoms with Gasteiger partial charge in [0.25, 0.3) is 5.91 Å². The third kappa shape index (κ3) is 3.14. The van der Waals surface area contributed by atoms with Crippen LogP contribution in [0.1, 0.15) is 23.3 Å². The monoisotopic (exact) mass is 370 g/mol. The van der Waals surface area contributed by atoms with Crippen molar-refractivity contribution in [2.24, 2.45) is 0 Å². The van der Waals surface area contributed by atoms with Crippen LogP contribution in [0.3, 0.4) is 0 Å². The van der Waals surface area contributed by atoms with Crippen molar-refractivity contribution >= 4 is 22.5 Å². The van der Waals surface area contributed by atoms with E-state index in [-0.39, 0.29) is 39.8 Å². The van der Waals surface area contributed by atoms with Crippen LogP contribution in [0, 0.1) is 11.6 Å². The maximum Gasteiger partial charge on any atom is 0.274 e. The molecule has 8 heteroatoms. The number of halogens is 2. The van der Waals surface area contributed by atoms with Gasteiger partial charge in [0.05, 0.1) is 12.8 Å². The van der Waals surface area contributed by atoms with Gasteiger partial charge in [-0.2, -0.15) is 0 Å². The highest BCUT2D eigenvalue weighted by molar-refractivity contribution is 6.07. The smallest absolute Gasteiger partial charge is 0.274 e. The van der Waals surface area contributed by atoms with Crippen LogP contribution in [0.4, 0.5) is 14.5 Å². The number of hydrogen-bond donors (Lipinski definition) is 2. The number of anilines is 1. The highest BCUT2D eigenvalue weighted by Gasteiger charge is 2.26. The third-order valence-corrected chi connectivity index (χ3v) is 4.45. The number of amides is 1. The number of nitrogens with one attached hydrogen (secondary N) is 1. The second-order valence-corrected chi connectivity index (χ2v) is 6.41. The molecule has 0 saturated heterocycles. The molecule has 27 heavy (non-hydrogen) atoms. The van der Waals surface area contributed by atoms with E-state index in [0.29, 0.717) is 5.39 Å². The maximum atomic E-state index is 14.6. The first kappa shape index (κ1) is 17.1. The van der Waals surface area contributed by atoms with Crippen LogP contribution >= 0.6 is 0 Å². The van der Waals surface area contributed by atoms with Gasteiger partial charge in [0.15, 0.2) is 5.69 Å². The zero-order valence-corrected chi connectivity index (χ0v) is 14.4. The van der Waals surface area contributed by atoms with Gasteiger partial charge in [-0.15, -0.1) is 10.2 Å². The standard InChI is InChI=1S/C19H16F2N4O2/c1-27-12-7-9(6-10(20)8-12)15-14(21)5-4-13-16(22)18(25-24-17(13)15)19(26)23-11-2-3-11/h4-8,11H,2-3H2,1H3,(H2,22,24)(H,23,26). The average molecular weight is 370 g/mol. The Labute approximate surface area is 153 Å². The molecule has 0 radical (unpaired) electrons. The van der Waals surface area contributed by atoms with E-state index in [0.717, 1.165) is 12.8 Å². The zero-order valence-electron chi connectivity index (χ0n) is 14.4. The Morgan fingerprint density at radius 2 is 2.00 bits per heavy atom. The minimum atomic E-state index is -0.612. The van der Waals surface area contributed by atoms with Gasteiger partial charge >= 0.3 is 0 Å². The van der Waals surface area contributed by atoms with Crippen LogP contribution in [-0.2, 0) is 0 Å². The maximum absolute atomic E-state index is 14.6. The molecule has 0 atom stereocenters. The number of nitrogen functional groups attached to an aromatic ring is 1. The molecule has 0 unspecified atom stereocenters. The van der Waals surface area contributed by atoms with Gasteiger partial charge in [0, 0.05) is 23.1 Å². The third-order valence-electron chi connectivity index (χ3n) is 4.45. The molecule has 0 spiro atoms. The minimum absolute atomic E-state index is 0.0104. The normalized spacial score (nSPS) is 13.6. The second-order valence-electron chi connectivity index (χ2n) is 6.41. The van der Waals surface area contributed by atoms with Crippen molar-refractivity contribution < 1.29 is 18.3 Å². The highest BCUT2D eigenvalue weighted by atomic mass is 19.1. The summed E-state index contributed by atoms with van der Waals surface area (Å²) >= 11 is 0. The molecule has 1 fully saturated rings. The van der Waals surface area contributed by atoms with Crippen LogP contribution in [0.5, 0.6) is 5.75 Å². The fraction of sp³-hybridized carbons (Fsp3) is 0.211. The Morgan fingerprint density at radius 3 is 2.70 bits per heavy atom. The van der Waals surface area contributed by atoms with Gasteiger partial charge in [-0.3, -0.25) is 4.79 Å². The van der Waals surface area contributed by atoms with Crippen LogP contribution < -0.4 is 15.8 Å². The van der Waals surface area contributed by atoms with Gasteiger partial charge in [0.2, 0.25) is 0 Å². The van der Waals surface area contributed by atoms with Gasteiger partial charge in [-0.05, 0) is 42.7 Å². The van der Waals surface area contributed by atoms with Crippen LogP contribution in [-0.4, -0.2) is 29.3 Å². The Hall–Kier alpha value is -3.29. The number of nitrogens with zero attached hydrogens (tertiary/aromatic N) is 2. The van der Waals surface area contributed by atoms with Crippen LogP contribution in [0.15, 0.2) is 30.3 Å². The average Bonchev–Trinajstić information content (AvgIpc) is 3.45. The van der Waals surface area contributed by atoms with E-state index in [1.54, 1.807) is 0 Å². The molecule has 1 aliphatic rings. The second kappa shape index (κ2) is 6.46. The predicted molar refractivity (Wildman–Crippen MR) is 96.3 cm³/mol. The molecule has 138 valence electrons. The van der Waals surface area contributed by atoms with Gasteiger partial charge in [0.1, 0.15) is 22.9 Å². The lowest BCUT2D eigenvalue weighted by molar-refractivity contribution is 0.0946. The molecular weight excluding hydrogens is 354 g/mol. The number of benzene rings is 2. The Balaban J connectivity index is 1.89. The molecule has 0 bridgehead atoms. The summed E-state index contributed by atoms with van der Waals surface area (Å²) in [5, 5.41) is 11.1. The van der Waals surface area contributed by atoms with Crippen molar-refractivity contribution in [3.63, 3.8) is 0 Å². The van der Waals surface area contributed by atoms with E-state index in [4.69, 9.17) is 10.5 Å². The SMILES string of the molecule is COc1cc(F)cc(-c2c(F)ccc3c(N)c(C(=O)NC4CC4)nnc23)c1. The molecule has 6 nitrogen and oxygen atoms in total. The van der Waals surface area contributed by atoms with E-state index in [1.807, 2.05) is 0 Å². The number of ether oxygens (including phenoxy) is 1. The molecule has 4 rings (SSSR count). The number of fused-ring (bicyclic) bond motifs is 1. The van der Waals surface area contributed by atoms with Crippen molar-refractivity contribution in [1.29, 1.82) is 0 Å². The summed E-state index contributed by atoms with van der Waals surface area (Å²) in [6.07, 6.45) is 1.84. The fourth-order valence-corrected chi connectivity index (χ4v) is 2.92. The Morgan fingerprint density at radius 1 is 1.22 bits per heavy atom. The van der Waals surface area contributed by atoms with Gasteiger partial charge in [-0.25, -0.2) is 8.78 Å². The van der Waals surface area contributed by atoms with E-state index >= 15 is 0 Å². The molecule has 1 heterocycles. The number of carbonyl (C=O) groups is 1. The first-order chi connectivity index (χ1) is 13.0. The fourth-order valence-electron chi connectivity index (χ4n) is 2.92. The lowest BCUT2D eigenvalue weighted by atomic mass is 10.00. The summed E-state index contributed by atoms with van der Waals surface area (Å²) in [7, 11) is 1.39. The van der Waals surface area contributed by atoms with Crippen molar-refractivity contribution in [1.82, 2.24) is 15.5 Å². The summed E-state index contributed by atoms with van der Waals surface area (Å²) in [6, 6.07) is 6.63. The van der Waals surface area contributed by atoms with Gasteiger partial charge in [-0.1, -0.05) is 0 Å². The molecule has 1 saturated carbocycles. The number of hydrogen-bond acceptors (Lipinski definition) is 5. The molecule has 1 aliphatic carbocycles. The van der Waals surface area contributed by atoms with Crippen molar-refractivity contribution in [2.75, 3.05) is 12.8 Å². The number of nitrogens with two attached hydrogens (primary N) is 1. The van der Waals surface area contributed by atoms with Gasteiger partial charge < -0.3 is 15.8 Å². The highest BCUT2D eigenvalue weighted by Crippen LogP contribution is 2.35. The van der Waals surface area contributed by atoms with E-state index < -0.39 is 17.5 Å². The number of methoxy groups -OCH3 is 1. The lowest BCUT2D eigenvalue weighted by Gasteiger charge is -2.12. The summed E-state index contributed by atoms with van der Waals surface area (Å²) < 4.78 is 33.5. The molecule has 1 aromatic heterocycles. The van der Waals surface area contributed by atoms with Crippen molar-refractivity contribution in [3.05, 3.63) is 47.7 Å². The van der Waals surface area contributed by atoms with Crippen molar-refractivity contribution in [2.45, 2.75) is 18.9 Å². The van der Waals surface area contributed by atoms with E-state index in [2.05, 4.69) is 15.5 Å². The Kier molecular flexibility index (Phi) is 4.10. The number of carbonyl (C=O) groups excluding carboxylic acids is 1. The molecule has 2 aromatic carbocycles. The summed E-state index contributed by atoms with van der Waals surface area (Å²) in [5.41, 5.74) is 6.62. The largest absolute Gasteiger partial charge is 0.497 e.